The van der Waals surface area contributed by atoms with Gasteiger partial charge in [-0.15, -0.1) is 0 Å². The summed E-state index contributed by atoms with van der Waals surface area (Å²) in [7, 11) is 3.20. The number of ether oxygens (including phenoxy) is 4. The Kier molecular flexibility index (Phi) is 7.10. The minimum atomic E-state index is -0.561. The summed E-state index contributed by atoms with van der Waals surface area (Å²) in [5.74, 6) is 0.332. The van der Waals surface area contributed by atoms with Crippen LogP contribution in [0.1, 0.15) is 44.2 Å². The number of aromatic hydroxyl groups is 2. The number of rotatable bonds is 8. The highest BCUT2D eigenvalue weighted by Gasteiger charge is 2.32. The second kappa shape index (κ2) is 9.75. The van der Waals surface area contributed by atoms with E-state index in [1.165, 1.54) is 17.6 Å². The van der Waals surface area contributed by atoms with Gasteiger partial charge in [-0.05, 0) is 37.0 Å². The number of carbonyl (C=O) groups excluding carboxylic acids is 1. The van der Waals surface area contributed by atoms with Gasteiger partial charge < -0.3 is 29.2 Å². The minimum absolute atomic E-state index is 0.0466. The molecule has 0 bridgehead atoms. The highest BCUT2D eigenvalue weighted by Crippen LogP contribution is 2.43. The van der Waals surface area contributed by atoms with Gasteiger partial charge in [0.1, 0.15) is 0 Å². The van der Waals surface area contributed by atoms with E-state index in [1.54, 1.807) is 14.2 Å². The van der Waals surface area contributed by atoms with Gasteiger partial charge in [0, 0.05) is 13.0 Å². The molecule has 2 aromatic rings. The van der Waals surface area contributed by atoms with Gasteiger partial charge >= 0.3 is 5.97 Å². The number of hydrogen-bond acceptors (Lipinski definition) is 7. The summed E-state index contributed by atoms with van der Waals surface area (Å²) in [6.45, 7) is 1.73. The molecule has 0 unspecified atom stereocenters. The molecule has 8 heteroatoms. The molecule has 1 aromatic carbocycles. The maximum absolute atomic E-state index is 11.2. The Morgan fingerprint density at radius 3 is 2.50 bits per heavy atom. The van der Waals surface area contributed by atoms with Crippen LogP contribution in [0.5, 0.6) is 29.0 Å². The number of hydrogen-bond donors (Lipinski definition) is 2. The molecule has 3 rings (SSSR count). The highest BCUT2D eigenvalue weighted by atomic mass is 16.5. The highest BCUT2D eigenvalue weighted by molar-refractivity contribution is 5.70. The van der Waals surface area contributed by atoms with Crippen LogP contribution in [-0.2, 0) is 16.0 Å². The first kappa shape index (κ1) is 21.8. The summed E-state index contributed by atoms with van der Waals surface area (Å²) in [5.41, 5.74) is 1.06. The predicted octanol–water partition coefficient (Wildman–Crippen LogP) is 3.58. The van der Waals surface area contributed by atoms with Crippen molar-refractivity contribution in [1.82, 2.24) is 4.57 Å². The van der Waals surface area contributed by atoms with Crippen molar-refractivity contribution in [1.29, 1.82) is 0 Å². The van der Waals surface area contributed by atoms with E-state index in [2.05, 4.69) is 0 Å². The maximum Gasteiger partial charge on any atom is 0.308 e. The van der Waals surface area contributed by atoms with Crippen molar-refractivity contribution in [2.24, 2.45) is 0 Å². The van der Waals surface area contributed by atoms with Crippen molar-refractivity contribution >= 4 is 5.97 Å². The summed E-state index contributed by atoms with van der Waals surface area (Å²) in [4.78, 5) is 11.2. The zero-order valence-corrected chi connectivity index (χ0v) is 17.6. The lowest BCUT2D eigenvalue weighted by molar-refractivity contribution is -0.132. The number of aromatic nitrogens is 1. The van der Waals surface area contributed by atoms with E-state index in [1.807, 2.05) is 18.2 Å². The van der Waals surface area contributed by atoms with Crippen LogP contribution in [0.3, 0.4) is 0 Å². The second-order valence-corrected chi connectivity index (χ2v) is 7.35. The lowest BCUT2D eigenvalue weighted by Gasteiger charge is -2.33. The third-order valence-corrected chi connectivity index (χ3v) is 5.38. The van der Waals surface area contributed by atoms with Crippen LogP contribution in [0.25, 0.3) is 0 Å². The van der Waals surface area contributed by atoms with Crippen LogP contribution >= 0.6 is 0 Å². The van der Waals surface area contributed by atoms with Crippen LogP contribution in [0.15, 0.2) is 24.3 Å². The molecule has 0 amide bonds. The molecule has 2 atom stereocenters. The van der Waals surface area contributed by atoms with Crippen LogP contribution in [0.4, 0.5) is 0 Å². The molecule has 1 fully saturated rings. The number of carbonyl (C=O) groups is 1. The van der Waals surface area contributed by atoms with Crippen molar-refractivity contribution in [3.8, 4) is 29.0 Å². The SMILES string of the molecule is COc1ccc(CCO[C@@H]2CCCC[C@H]2n2c(O)cc(OC(C)=O)c2O)cc1OC. The Morgan fingerprint density at radius 2 is 1.80 bits per heavy atom. The first-order valence-electron chi connectivity index (χ1n) is 10.1. The lowest BCUT2D eigenvalue weighted by atomic mass is 9.92. The number of methoxy groups -OCH3 is 2. The molecule has 1 heterocycles. The summed E-state index contributed by atoms with van der Waals surface area (Å²) < 4.78 is 23.2. The molecule has 0 aliphatic heterocycles. The largest absolute Gasteiger partial charge is 0.494 e. The van der Waals surface area contributed by atoms with Crippen molar-refractivity contribution < 1.29 is 34.0 Å². The molecule has 164 valence electrons. The monoisotopic (exact) mass is 419 g/mol. The van der Waals surface area contributed by atoms with Crippen LogP contribution in [-0.4, -0.2) is 47.7 Å². The number of benzene rings is 1. The van der Waals surface area contributed by atoms with E-state index in [9.17, 15) is 15.0 Å². The van der Waals surface area contributed by atoms with E-state index >= 15 is 0 Å². The second-order valence-electron chi connectivity index (χ2n) is 7.35. The van der Waals surface area contributed by atoms with Crippen molar-refractivity contribution in [2.45, 2.75) is 51.2 Å². The zero-order valence-electron chi connectivity index (χ0n) is 17.6. The average molecular weight is 419 g/mol. The third-order valence-electron chi connectivity index (χ3n) is 5.38. The Morgan fingerprint density at radius 1 is 1.07 bits per heavy atom. The third kappa shape index (κ3) is 4.81. The standard InChI is InChI=1S/C22H29NO7/c1-14(24)30-20-13-21(25)23(22(20)26)16-6-4-5-7-17(16)29-11-10-15-8-9-18(27-2)19(12-15)28-3/h8-9,12-13,16-17,25-26H,4-7,10-11H2,1-3H3/t16-,17-/m1/s1. The average Bonchev–Trinajstić information content (AvgIpc) is 3.00. The molecule has 2 N–H and O–H groups in total. The summed E-state index contributed by atoms with van der Waals surface area (Å²) in [5, 5.41) is 20.8. The first-order valence-corrected chi connectivity index (χ1v) is 10.1. The van der Waals surface area contributed by atoms with Gasteiger partial charge in [0.25, 0.3) is 0 Å². The fraction of sp³-hybridized carbons (Fsp3) is 0.500. The Hall–Kier alpha value is -2.87. The Bertz CT molecular complexity index is 877. The van der Waals surface area contributed by atoms with Crippen molar-refractivity contribution in [2.75, 3.05) is 20.8 Å². The quantitative estimate of drug-likeness (QED) is 0.631. The molecular formula is C22H29NO7. The number of esters is 1. The van der Waals surface area contributed by atoms with Crippen molar-refractivity contribution in [3.63, 3.8) is 0 Å². The van der Waals surface area contributed by atoms with Gasteiger partial charge in [-0.2, -0.15) is 0 Å². The zero-order chi connectivity index (χ0) is 21.7. The summed E-state index contributed by atoms with van der Waals surface area (Å²) in [6.07, 6.45) is 4.05. The van der Waals surface area contributed by atoms with Crippen molar-refractivity contribution in [3.05, 3.63) is 29.8 Å². The molecule has 30 heavy (non-hydrogen) atoms. The minimum Gasteiger partial charge on any atom is -0.494 e. The van der Waals surface area contributed by atoms with Gasteiger partial charge in [-0.3, -0.25) is 9.36 Å². The van der Waals surface area contributed by atoms with E-state index in [4.69, 9.17) is 18.9 Å². The molecule has 1 saturated carbocycles. The van der Waals surface area contributed by atoms with E-state index in [0.29, 0.717) is 24.5 Å². The van der Waals surface area contributed by atoms with Gasteiger partial charge in [-0.1, -0.05) is 18.9 Å². The fourth-order valence-electron chi connectivity index (χ4n) is 3.97. The Balaban J connectivity index is 1.68. The maximum atomic E-state index is 11.2. The summed E-state index contributed by atoms with van der Waals surface area (Å²) in [6, 6.07) is 6.78. The van der Waals surface area contributed by atoms with Crippen LogP contribution in [0, 0.1) is 0 Å². The molecular weight excluding hydrogens is 390 g/mol. The van der Waals surface area contributed by atoms with Gasteiger partial charge in [0.15, 0.2) is 23.1 Å². The van der Waals surface area contributed by atoms with Crippen LogP contribution < -0.4 is 14.2 Å². The smallest absolute Gasteiger partial charge is 0.308 e. The summed E-state index contributed by atoms with van der Waals surface area (Å²) >= 11 is 0. The topological polar surface area (TPSA) is 99.4 Å². The molecule has 1 aliphatic carbocycles. The Labute approximate surface area is 175 Å². The number of nitrogens with zero attached hydrogens (tertiary/aromatic N) is 1. The predicted molar refractivity (Wildman–Crippen MR) is 110 cm³/mol. The molecule has 8 nitrogen and oxygen atoms in total. The fourth-order valence-corrected chi connectivity index (χ4v) is 3.97. The molecule has 0 spiro atoms. The molecule has 0 saturated heterocycles. The van der Waals surface area contributed by atoms with Gasteiger partial charge in [0.2, 0.25) is 5.88 Å². The normalized spacial score (nSPS) is 18.8. The van der Waals surface area contributed by atoms with E-state index < -0.39 is 5.97 Å². The molecule has 1 aromatic heterocycles. The lowest BCUT2D eigenvalue weighted by Crippen LogP contribution is -2.30. The molecule has 1 aliphatic rings. The first-order chi connectivity index (χ1) is 14.4. The van der Waals surface area contributed by atoms with Gasteiger partial charge in [-0.25, -0.2) is 0 Å². The van der Waals surface area contributed by atoms with Gasteiger partial charge in [0.05, 0.1) is 33.0 Å². The molecule has 0 radical (unpaired) electrons. The van der Waals surface area contributed by atoms with E-state index in [-0.39, 0.29) is 29.7 Å². The van der Waals surface area contributed by atoms with Crippen LogP contribution in [0.2, 0.25) is 0 Å². The van der Waals surface area contributed by atoms with E-state index in [0.717, 1.165) is 31.2 Å².